The van der Waals surface area contributed by atoms with Gasteiger partial charge in [-0.3, -0.25) is 9.69 Å². The number of anilines is 1. The average molecular weight is 345 g/mol. The Balaban J connectivity index is 1.38. The summed E-state index contributed by atoms with van der Waals surface area (Å²) >= 11 is 0. The van der Waals surface area contributed by atoms with E-state index >= 15 is 0 Å². The van der Waals surface area contributed by atoms with E-state index in [1.807, 2.05) is 17.9 Å². The van der Waals surface area contributed by atoms with E-state index in [1.54, 1.807) is 4.52 Å². The second-order valence-electron chi connectivity index (χ2n) is 6.48. The van der Waals surface area contributed by atoms with Crippen LogP contribution in [0.5, 0.6) is 0 Å². The highest BCUT2D eigenvalue weighted by Crippen LogP contribution is 2.18. The molecule has 4 rings (SSSR count). The number of carbonyl (C=O) groups is 1. The zero-order valence-corrected chi connectivity index (χ0v) is 14.5. The largest absolute Gasteiger partial charge is 0.378 e. The first-order valence-corrected chi connectivity index (χ1v) is 8.71. The fourth-order valence-electron chi connectivity index (χ4n) is 3.38. The normalized spacial score (nSPS) is 19.6. The number of hydrogen-bond donors (Lipinski definition) is 0. The van der Waals surface area contributed by atoms with Crippen molar-refractivity contribution in [3.05, 3.63) is 18.1 Å². The van der Waals surface area contributed by atoms with E-state index in [2.05, 4.69) is 24.9 Å². The molecule has 0 unspecified atom stereocenters. The summed E-state index contributed by atoms with van der Waals surface area (Å²) in [5, 5.41) is 4.28. The Morgan fingerprint density at radius 1 is 1.16 bits per heavy atom. The molecule has 2 fully saturated rings. The Morgan fingerprint density at radius 3 is 2.68 bits per heavy atom. The first kappa shape index (κ1) is 16.2. The van der Waals surface area contributed by atoms with Crippen molar-refractivity contribution < 1.29 is 9.53 Å². The first-order chi connectivity index (χ1) is 12.2. The number of ether oxygens (including phenoxy) is 1. The third-order valence-electron chi connectivity index (χ3n) is 4.78. The second kappa shape index (κ2) is 6.93. The highest BCUT2D eigenvalue weighted by molar-refractivity contribution is 5.78. The maximum atomic E-state index is 12.4. The molecule has 0 atom stereocenters. The van der Waals surface area contributed by atoms with Gasteiger partial charge < -0.3 is 14.5 Å². The van der Waals surface area contributed by atoms with E-state index < -0.39 is 0 Å². The van der Waals surface area contributed by atoms with E-state index in [1.165, 1.54) is 6.33 Å². The third kappa shape index (κ3) is 3.42. The minimum Gasteiger partial charge on any atom is -0.378 e. The SMILES string of the molecule is Cc1cc(N2CCN(CC(=O)N3CCOCC3)CC2)n2ncnc2n1. The monoisotopic (exact) mass is 345 g/mol. The molecule has 2 aliphatic heterocycles. The van der Waals surface area contributed by atoms with Crippen LogP contribution in [0.4, 0.5) is 5.82 Å². The van der Waals surface area contributed by atoms with Crippen molar-refractivity contribution in [2.45, 2.75) is 6.92 Å². The molecule has 0 bridgehead atoms. The van der Waals surface area contributed by atoms with Gasteiger partial charge in [0.05, 0.1) is 19.8 Å². The fourth-order valence-corrected chi connectivity index (χ4v) is 3.38. The Morgan fingerprint density at radius 2 is 1.92 bits per heavy atom. The maximum Gasteiger partial charge on any atom is 0.254 e. The minimum absolute atomic E-state index is 0.204. The molecule has 0 saturated carbocycles. The summed E-state index contributed by atoms with van der Waals surface area (Å²) in [6.45, 7) is 8.59. The van der Waals surface area contributed by atoms with Gasteiger partial charge in [-0.05, 0) is 6.92 Å². The minimum atomic E-state index is 0.204. The number of carbonyl (C=O) groups excluding carboxylic acids is 1. The van der Waals surface area contributed by atoms with Gasteiger partial charge in [-0.25, -0.2) is 4.98 Å². The van der Waals surface area contributed by atoms with E-state index in [9.17, 15) is 4.79 Å². The number of rotatable bonds is 3. The van der Waals surface area contributed by atoms with Crippen molar-refractivity contribution in [2.24, 2.45) is 0 Å². The molecule has 0 spiro atoms. The molecule has 134 valence electrons. The Kier molecular flexibility index (Phi) is 4.50. The van der Waals surface area contributed by atoms with Gasteiger partial charge in [0.25, 0.3) is 5.78 Å². The summed E-state index contributed by atoms with van der Waals surface area (Å²) in [5.74, 6) is 1.84. The number of morpholine rings is 1. The van der Waals surface area contributed by atoms with Crippen molar-refractivity contribution in [2.75, 3.05) is 63.9 Å². The number of aromatic nitrogens is 4. The van der Waals surface area contributed by atoms with Gasteiger partial charge in [0.2, 0.25) is 5.91 Å². The lowest BCUT2D eigenvalue weighted by Crippen LogP contribution is -2.51. The number of fused-ring (bicyclic) bond motifs is 1. The first-order valence-electron chi connectivity index (χ1n) is 8.71. The van der Waals surface area contributed by atoms with Gasteiger partial charge in [-0.15, -0.1) is 0 Å². The van der Waals surface area contributed by atoms with E-state index in [-0.39, 0.29) is 5.91 Å². The van der Waals surface area contributed by atoms with Crippen molar-refractivity contribution in [3.63, 3.8) is 0 Å². The molecular formula is C16H23N7O2. The smallest absolute Gasteiger partial charge is 0.254 e. The van der Waals surface area contributed by atoms with Crippen LogP contribution in [0.15, 0.2) is 12.4 Å². The highest BCUT2D eigenvalue weighted by atomic mass is 16.5. The van der Waals surface area contributed by atoms with Gasteiger partial charge >= 0.3 is 0 Å². The molecule has 0 N–H and O–H groups in total. The molecular weight excluding hydrogens is 322 g/mol. The molecule has 0 radical (unpaired) electrons. The second-order valence-corrected chi connectivity index (χ2v) is 6.48. The van der Waals surface area contributed by atoms with Gasteiger partial charge in [0, 0.05) is 51.0 Å². The molecule has 9 nitrogen and oxygen atoms in total. The topological polar surface area (TPSA) is 79.1 Å². The van der Waals surface area contributed by atoms with Crippen LogP contribution in [0.2, 0.25) is 0 Å². The quantitative estimate of drug-likeness (QED) is 0.736. The molecule has 25 heavy (non-hydrogen) atoms. The standard InChI is InChI=1S/C16H23N7O2/c1-13-10-14(23-16(19-13)17-12-18-23)21-4-2-20(3-5-21)11-15(24)22-6-8-25-9-7-22/h10,12H,2-9,11H2,1H3. The molecule has 2 aromatic heterocycles. The third-order valence-corrected chi connectivity index (χ3v) is 4.78. The molecule has 0 aromatic carbocycles. The van der Waals surface area contributed by atoms with Crippen molar-refractivity contribution in [1.29, 1.82) is 0 Å². The zero-order valence-electron chi connectivity index (χ0n) is 14.5. The van der Waals surface area contributed by atoms with Crippen LogP contribution in [0, 0.1) is 6.92 Å². The maximum absolute atomic E-state index is 12.4. The molecule has 2 aliphatic rings. The van der Waals surface area contributed by atoms with Crippen LogP contribution in [0.3, 0.4) is 0 Å². The van der Waals surface area contributed by atoms with Crippen LogP contribution in [0.25, 0.3) is 5.78 Å². The predicted octanol–water partition coefficient (Wildman–Crippen LogP) is -0.586. The van der Waals surface area contributed by atoms with E-state index in [0.717, 1.165) is 37.7 Å². The number of hydrogen-bond acceptors (Lipinski definition) is 7. The fraction of sp³-hybridized carbons (Fsp3) is 0.625. The summed E-state index contributed by atoms with van der Waals surface area (Å²) in [4.78, 5) is 27.4. The summed E-state index contributed by atoms with van der Waals surface area (Å²) in [7, 11) is 0. The number of nitrogens with zero attached hydrogens (tertiary/aromatic N) is 7. The van der Waals surface area contributed by atoms with Crippen LogP contribution < -0.4 is 4.90 Å². The van der Waals surface area contributed by atoms with Gasteiger partial charge in [-0.1, -0.05) is 0 Å². The highest BCUT2D eigenvalue weighted by Gasteiger charge is 2.24. The van der Waals surface area contributed by atoms with Gasteiger partial charge in [0.1, 0.15) is 12.1 Å². The Bertz CT molecular complexity index is 748. The van der Waals surface area contributed by atoms with Crippen LogP contribution in [-0.4, -0.2) is 94.3 Å². The Labute approximate surface area is 146 Å². The average Bonchev–Trinajstić information content (AvgIpc) is 3.11. The lowest BCUT2D eigenvalue weighted by Gasteiger charge is -2.36. The van der Waals surface area contributed by atoms with E-state index in [4.69, 9.17) is 4.74 Å². The van der Waals surface area contributed by atoms with Crippen molar-refractivity contribution >= 4 is 17.5 Å². The summed E-state index contributed by atoms with van der Waals surface area (Å²) in [6, 6.07) is 2.04. The summed E-state index contributed by atoms with van der Waals surface area (Å²) < 4.78 is 7.09. The molecule has 9 heteroatoms. The zero-order chi connectivity index (χ0) is 17.2. The summed E-state index contributed by atoms with van der Waals surface area (Å²) in [6.07, 6.45) is 1.53. The molecule has 0 aliphatic carbocycles. The molecule has 4 heterocycles. The van der Waals surface area contributed by atoms with Crippen LogP contribution >= 0.6 is 0 Å². The molecule has 2 aromatic rings. The number of aryl methyl sites for hydroxylation is 1. The number of amides is 1. The van der Waals surface area contributed by atoms with Gasteiger partial charge in [-0.2, -0.15) is 14.6 Å². The van der Waals surface area contributed by atoms with Crippen molar-refractivity contribution in [3.8, 4) is 0 Å². The lowest BCUT2D eigenvalue weighted by atomic mass is 10.3. The lowest BCUT2D eigenvalue weighted by molar-refractivity contribution is -0.136. The van der Waals surface area contributed by atoms with Crippen LogP contribution in [0.1, 0.15) is 5.69 Å². The van der Waals surface area contributed by atoms with Gasteiger partial charge in [0.15, 0.2) is 0 Å². The number of piperazine rings is 1. The van der Waals surface area contributed by atoms with Crippen molar-refractivity contribution in [1.82, 2.24) is 29.4 Å². The Hall–Kier alpha value is -2.26. The molecule has 2 saturated heterocycles. The molecule has 1 amide bonds. The van der Waals surface area contributed by atoms with Crippen LogP contribution in [-0.2, 0) is 9.53 Å². The van der Waals surface area contributed by atoms with E-state index in [0.29, 0.717) is 38.6 Å². The summed E-state index contributed by atoms with van der Waals surface area (Å²) in [5.41, 5.74) is 0.931. The predicted molar refractivity (Wildman–Crippen MR) is 91.6 cm³/mol.